The number of anilines is 1. The number of aromatic amines is 1. The van der Waals surface area contributed by atoms with Gasteiger partial charge in [0.1, 0.15) is 0 Å². The van der Waals surface area contributed by atoms with Crippen LogP contribution in [0, 0.1) is 19.8 Å². The minimum atomic E-state index is -0.819. The molecule has 106 valence electrons. The molecule has 0 aliphatic heterocycles. The van der Waals surface area contributed by atoms with Crippen LogP contribution in [0.3, 0.4) is 0 Å². The highest BCUT2D eigenvalue weighted by molar-refractivity contribution is 5.90. The number of carboxylic acid groups (broad SMARTS) is 1. The molecule has 1 rings (SSSR count). The fourth-order valence-corrected chi connectivity index (χ4v) is 1.63. The number of carbonyl (C=O) groups is 2. The minimum absolute atomic E-state index is 0.115. The number of amides is 2. The van der Waals surface area contributed by atoms with Gasteiger partial charge in [0.25, 0.3) is 0 Å². The summed E-state index contributed by atoms with van der Waals surface area (Å²) >= 11 is 0. The van der Waals surface area contributed by atoms with Gasteiger partial charge in [0, 0.05) is 13.0 Å². The molecule has 19 heavy (non-hydrogen) atoms. The van der Waals surface area contributed by atoms with E-state index in [1.165, 1.54) is 0 Å². The number of aliphatic carboxylic acids is 1. The Hall–Kier alpha value is -2.05. The average molecular weight is 268 g/mol. The van der Waals surface area contributed by atoms with Crippen LogP contribution in [0.4, 0.5) is 10.5 Å². The highest BCUT2D eigenvalue weighted by Crippen LogP contribution is 2.15. The molecular formula is C12H20N4O3. The van der Waals surface area contributed by atoms with Crippen LogP contribution in [-0.2, 0) is 4.79 Å². The summed E-state index contributed by atoms with van der Waals surface area (Å²) in [6.07, 6.45) is 0.657. The molecule has 1 aromatic heterocycles. The van der Waals surface area contributed by atoms with E-state index in [4.69, 9.17) is 5.11 Å². The number of carboxylic acids is 1. The van der Waals surface area contributed by atoms with Gasteiger partial charge in [-0.25, -0.2) is 4.79 Å². The second-order valence-electron chi connectivity index (χ2n) is 4.68. The van der Waals surface area contributed by atoms with Gasteiger partial charge in [0.2, 0.25) is 0 Å². The van der Waals surface area contributed by atoms with Crippen molar-refractivity contribution in [3.05, 3.63) is 11.4 Å². The lowest BCUT2D eigenvalue weighted by atomic mass is 10.1. The molecule has 0 bridgehead atoms. The van der Waals surface area contributed by atoms with Crippen molar-refractivity contribution >= 4 is 17.7 Å². The Morgan fingerprint density at radius 3 is 2.63 bits per heavy atom. The fourth-order valence-electron chi connectivity index (χ4n) is 1.63. The van der Waals surface area contributed by atoms with Gasteiger partial charge >= 0.3 is 12.0 Å². The number of nitrogens with one attached hydrogen (secondary N) is 3. The number of nitrogens with zero attached hydrogens (tertiary/aromatic N) is 1. The first-order valence-electron chi connectivity index (χ1n) is 6.18. The zero-order valence-corrected chi connectivity index (χ0v) is 11.4. The maximum Gasteiger partial charge on any atom is 0.319 e. The molecule has 1 unspecified atom stereocenters. The van der Waals surface area contributed by atoms with Crippen LogP contribution in [0.5, 0.6) is 0 Å². The number of H-pyrrole nitrogens is 1. The normalized spacial score (nSPS) is 11.9. The van der Waals surface area contributed by atoms with Crippen LogP contribution >= 0.6 is 0 Å². The molecule has 0 aliphatic carbocycles. The summed E-state index contributed by atoms with van der Waals surface area (Å²) in [6.45, 7) is 5.96. The summed E-state index contributed by atoms with van der Waals surface area (Å²) in [5.41, 5.74) is 2.20. The lowest BCUT2D eigenvalue weighted by Gasteiger charge is -2.12. The van der Waals surface area contributed by atoms with Gasteiger partial charge in [-0.1, -0.05) is 6.92 Å². The van der Waals surface area contributed by atoms with Crippen molar-refractivity contribution in [2.75, 3.05) is 11.9 Å². The zero-order chi connectivity index (χ0) is 14.4. The van der Waals surface area contributed by atoms with Gasteiger partial charge in [-0.2, -0.15) is 5.10 Å². The first-order valence-corrected chi connectivity index (χ1v) is 6.18. The molecule has 0 spiro atoms. The van der Waals surface area contributed by atoms with E-state index in [1.807, 2.05) is 13.8 Å². The number of aryl methyl sites for hydroxylation is 2. The SMILES string of the molecule is Cc1n[nH]c(C)c1NC(=O)NCC(C)CCC(=O)O. The number of carbonyl (C=O) groups excluding carboxylic acids is 1. The van der Waals surface area contributed by atoms with E-state index in [-0.39, 0.29) is 18.4 Å². The van der Waals surface area contributed by atoms with Gasteiger partial charge in [-0.3, -0.25) is 9.89 Å². The van der Waals surface area contributed by atoms with Crippen LogP contribution in [0.15, 0.2) is 0 Å². The average Bonchev–Trinajstić information content (AvgIpc) is 2.65. The molecule has 1 heterocycles. The Balaban J connectivity index is 2.34. The Kier molecular flexibility index (Phi) is 5.35. The second-order valence-corrected chi connectivity index (χ2v) is 4.68. The fraction of sp³-hybridized carbons (Fsp3) is 0.583. The van der Waals surface area contributed by atoms with E-state index in [1.54, 1.807) is 6.92 Å². The second kappa shape index (κ2) is 6.77. The highest BCUT2D eigenvalue weighted by atomic mass is 16.4. The molecular weight excluding hydrogens is 248 g/mol. The molecule has 0 saturated heterocycles. The van der Waals surface area contributed by atoms with Crippen molar-refractivity contribution in [1.29, 1.82) is 0 Å². The number of aromatic nitrogens is 2. The number of rotatable bonds is 6. The number of hydrogen-bond donors (Lipinski definition) is 4. The molecule has 4 N–H and O–H groups in total. The summed E-state index contributed by atoms with van der Waals surface area (Å²) in [5.74, 6) is -0.700. The van der Waals surface area contributed by atoms with Crippen molar-refractivity contribution in [3.63, 3.8) is 0 Å². The number of urea groups is 1. The first kappa shape index (κ1) is 15.0. The summed E-state index contributed by atoms with van der Waals surface area (Å²) in [6, 6.07) is -0.310. The molecule has 7 nitrogen and oxygen atoms in total. The maximum atomic E-state index is 11.7. The van der Waals surface area contributed by atoms with Crippen LogP contribution < -0.4 is 10.6 Å². The third-order valence-corrected chi connectivity index (χ3v) is 2.83. The van der Waals surface area contributed by atoms with E-state index in [2.05, 4.69) is 20.8 Å². The molecule has 0 saturated carbocycles. The molecule has 7 heteroatoms. The summed E-state index contributed by atoms with van der Waals surface area (Å²) in [7, 11) is 0. The minimum Gasteiger partial charge on any atom is -0.481 e. The van der Waals surface area contributed by atoms with E-state index < -0.39 is 5.97 Å². The Labute approximate surface area is 111 Å². The van der Waals surface area contributed by atoms with Gasteiger partial charge in [-0.15, -0.1) is 0 Å². The highest BCUT2D eigenvalue weighted by Gasteiger charge is 2.11. The molecule has 1 atom stereocenters. The van der Waals surface area contributed by atoms with Crippen LogP contribution in [0.2, 0.25) is 0 Å². The van der Waals surface area contributed by atoms with E-state index >= 15 is 0 Å². The predicted molar refractivity (Wildman–Crippen MR) is 71.1 cm³/mol. The lowest BCUT2D eigenvalue weighted by Crippen LogP contribution is -2.32. The van der Waals surface area contributed by atoms with E-state index in [0.717, 1.165) is 11.4 Å². The molecule has 1 aromatic rings. The van der Waals surface area contributed by atoms with Crippen molar-refractivity contribution in [2.24, 2.45) is 5.92 Å². The van der Waals surface area contributed by atoms with Gasteiger partial charge in [0.15, 0.2) is 0 Å². The third kappa shape index (κ3) is 4.99. The Morgan fingerprint density at radius 2 is 2.11 bits per heavy atom. The van der Waals surface area contributed by atoms with Crippen LogP contribution in [0.1, 0.15) is 31.2 Å². The van der Waals surface area contributed by atoms with Gasteiger partial charge in [0.05, 0.1) is 17.1 Å². The maximum absolute atomic E-state index is 11.7. The van der Waals surface area contributed by atoms with E-state index in [9.17, 15) is 9.59 Å². The molecule has 0 radical (unpaired) electrons. The van der Waals surface area contributed by atoms with E-state index in [0.29, 0.717) is 18.7 Å². The lowest BCUT2D eigenvalue weighted by molar-refractivity contribution is -0.137. The third-order valence-electron chi connectivity index (χ3n) is 2.83. The molecule has 0 aromatic carbocycles. The summed E-state index contributed by atoms with van der Waals surface area (Å²) in [4.78, 5) is 22.1. The summed E-state index contributed by atoms with van der Waals surface area (Å²) in [5, 5.41) is 20.8. The van der Waals surface area contributed by atoms with Crippen molar-refractivity contribution in [3.8, 4) is 0 Å². The zero-order valence-electron chi connectivity index (χ0n) is 11.4. The smallest absolute Gasteiger partial charge is 0.319 e. The predicted octanol–water partition coefficient (Wildman–Crippen LogP) is 1.65. The Morgan fingerprint density at radius 1 is 1.42 bits per heavy atom. The standard InChI is InChI=1S/C12H20N4O3/c1-7(4-5-10(17)18)6-13-12(19)14-11-8(2)15-16-9(11)3/h7H,4-6H2,1-3H3,(H,15,16)(H,17,18)(H2,13,14,19). The molecule has 2 amide bonds. The van der Waals surface area contributed by atoms with Crippen LogP contribution in [0.25, 0.3) is 0 Å². The number of hydrogen-bond acceptors (Lipinski definition) is 3. The first-order chi connectivity index (χ1) is 8.90. The molecule has 0 aliphatic rings. The topological polar surface area (TPSA) is 107 Å². The largest absolute Gasteiger partial charge is 0.481 e. The quantitative estimate of drug-likeness (QED) is 0.629. The van der Waals surface area contributed by atoms with Gasteiger partial charge in [-0.05, 0) is 26.2 Å². The summed E-state index contributed by atoms with van der Waals surface area (Å²) < 4.78 is 0. The monoisotopic (exact) mass is 268 g/mol. The van der Waals surface area contributed by atoms with Crippen molar-refractivity contribution in [2.45, 2.75) is 33.6 Å². The van der Waals surface area contributed by atoms with Gasteiger partial charge < -0.3 is 15.7 Å². The Bertz CT molecular complexity index is 436. The van der Waals surface area contributed by atoms with Crippen LogP contribution in [-0.4, -0.2) is 33.8 Å². The molecule has 0 fully saturated rings. The van der Waals surface area contributed by atoms with Crippen molar-refractivity contribution < 1.29 is 14.7 Å². The van der Waals surface area contributed by atoms with Crippen molar-refractivity contribution in [1.82, 2.24) is 15.5 Å².